The minimum atomic E-state index is -1.98. The largest absolute Gasteiger partial charge is 0.459 e. The number of methoxy groups -OCH3 is 2. The third-order valence-electron chi connectivity index (χ3n) is 13.1. The van der Waals surface area contributed by atoms with Crippen LogP contribution < -0.4 is 5.73 Å². The smallest absolute Gasteiger partial charge is 0.311 e. The van der Waals surface area contributed by atoms with E-state index in [-0.39, 0.29) is 43.7 Å². The molecule has 54 heavy (non-hydrogen) atoms. The van der Waals surface area contributed by atoms with Gasteiger partial charge in [0, 0.05) is 51.0 Å². The SMILES string of the molecule is CC[C@H]1OC(=O)C(C)C(OC2CC(C)(OC)C(O)(CN)C(C)O2)C(C)C(OC2OC(C)CC(N(C)C)C2O)C(C)(OC)CC(C)C(=O)C(C)C(O)C1(C)O. The Labute approximate surface area is 322 Å². The molecule has 3 heterocycles. The van der Waals surface area contributed by atoms with Crippen molar-refractivity contribution in [3.05, 3.63) is 0 Å². The van der Waals surface area contributed by atoms with Gasteiger partial charge in [0.15, 0.2) is 12.6 Å². The Kier molecular flexibility index (Phi) is 15.7. The maximum absolute atomic E-state index is 14.3. The number of hydrogen-bond acceptors (Lipinski definition) is 15. The highest BCUT2D eigenvalue weighted by molar-refractivity contribution is 5.83. The number of hydrogen-bond donors (Lipinski definition) is 5. The summed E-state index contributed by atoms with van der Waals surface area (Å²) in [6.07, 6.45) is -8.30. The number of esters is 1. The zero-order valence-electron chi connectivity index (χ0n) is 35.1. The van der Waals surface area contributed by atoms with Gasteiger partial charge in [-0.1, -0.05) is 27.7 Å². The monoisotopic (exact) mass is 777 g/mol. The number of aliphatic hydroxyl groups excluding tert-OH is 2. The number of rotatable bonds is 9. The van der Waals surface area contributed by atoms with Gasteiger partial charge >= 0.3 is 5.97 Å². The molecule has 0 amide bonds. The Bertz CT molecular complexity index is 1260. The zero-order valence-corrected chi connectivity index (χ0v) is 35.1. The maximum Gasteiger partial charge on any atom is 0.311 e. The zero-order chi connectivity index (χ0) is 41.3. The van der Waals surface area contributed by atoms with E-state index in [4.69, 9.17) is 38.9 Å². The summed E-state index contributed by atoms with van der Waals surface area (Å²) in [4.78, 5) is 30.2. The van der Waals surface area contributed by atoms with Crippen molar-refractivity contribution in [2.24, 2.45) is 29.4 Å². The number of cyclic esters (lactones) is 1. The Balaban J connectivity index is 2.24. The van der Waals surface area contributed by atoms with Crippen LogP contribution in [0.15, 0.2) is 0 Å². The predicted molar refractivity (Wildman–Crippen MR) is 199 cm³/mol. The topological polar surface area (TPSA) is 209 Å². The van der Waals surface area contributed by atoms with E-state index in [9.17, 15) is 30.0 Å². The molecule has 3 rings (SSSR count). The summed E-state index contributed by atoms with van der Waals surface area (Å²) in [5.41, 5.74) is 0.0176. The maximum atomic E-state index is 14.3. The van der Waals surface area contributed by atoms with Crippen molar-refractivity contribution in [3.63, 3.8) is 0 Å². The van der Waals surface area contributed by atoms with Crippen molar-refractivity contribution in [1.82, 2.24) is 4.90 Å². The molecule has 18 atom stereocenters. The first-order valence-corrected chi connectivity index (χ1v) is 19.5. The number of nitrogens with two attached hydrogens (primary N) is 1. The molecule has 0 aromatic rings. The van der Waals surface area contributed by atoms with E-state index in [0.29, 0.717) is 6.42 Å². The van der Waals surface area contributed by atoms with Crippen molar-refractivity contribution in [3.8, 4) is 0 Å². The van der Waals surface area contributed by atoms with E-state index in [0.717, 1.165) is 0 Å². The van der Waals surface area contributed by atoms with E-state index >= 15 is 0 Å². The molecule has 0 bridgehead atoms. The lowest BCUT2D eigenvalue weighted by atomic mass is 9.73. The number of ether oxygens (including phenoxy) is 7. The number of aliphatic hydroxyl groups is 4. The van der Waals surface area contributed by atoms with Crippen molar-refractivity contribution < 1.29 is 63.2 Å². The molecule has 0 spiro atoms. The van der Waals surface area contributed by atoms with Gasteiger partial charge in [-0.15, -0.1) is 0 Å². The van der Waals surface area contributed by atoms with Gasteiger partial charge in [-0.25, -0.2) is 0 Å². The highest BCUT2D eigenvalue weighted by Crippen LogP contribution is 2.44. The predicted octanol–water partition coefficient (Wildman–Crippen LogP) is 1.77. The molecular weight excluding hydrogens is 704 g/mol. The van der Waals surface area contributed by atoms with Crippen LogP contribution in [0.5, 0.6) is 0 Å². The highest BCUT2D eigenvalue weighted by Gasteiger charge is 2.58. The van der Waals surface area contributed by atoms with E-state index in [2.05, 4.69) is 0 Å². The molecule has 0 aromatic carbocycles. The fourth-order valence-electron chi connectivity index (χ4n) is 9.03. The molecule has 3 aliphatic rings. The Morgan fingerprint density at radius 1 is 0.907 bits per heavy atom. The van der Waals surface area contributed by atoms with Crippen LogP contribution in [0.25, 0.3) is 0 Å². The van der Waals surface area contributed by atoms with Gasteiger partial charge in [-0.3, -0.25) is 9.59 Å². The molecule has 17 unspecified atom stereocenters. The van der Waals surface area contributed by atoms with Gasteiger partial charge in [0.05, 0.1) is 42.0 Å². The lowest BCUT2D eigenvalue weighted by Gasteiger charge is -2.53. The lowest BCUT2D eigenvalue weighted by Crippen LogP contribution is -2.69. The Hall–Kier alpha value is -1.34. The van der Waals surface area contributed by atoms with E-state index in [1.807, 2.05) is 32.8 Å². The summed E-state index contributed by atoms with van der Waals surface area (Å²) in [6.45, 7) is 16.8. The Morgan fingerprint density at radius 2 is 1.52 bits per heavy atom. The van der Waals surface area contributed by atoms with Gasteiger partial charge in [-0.2, -0.15) is 0 Å². The average Bonchev–Trinajstić information content (AvgIpc) is 3.12. The minimum absolute atomic E-state index is 0.0357. The molecule has 0 saturated carbocycles. The van der Waals surface area contributed by atoms with Gasteiger partial charge < -0.3 is 64.2 Å². The van der Waals surface area contributed by atoms with Crippen molar-refractivity contribution in [1.29, 1.82) is 0 Å². The summed E-state index contributed by atoms with van der Waals surface area (Å²) in [5, 5.41) is 46.3. The average molecular weight is 777 g/mol. The van der Waals surface area contributed by atoms with Crippen molar-refractivity contribution >= 4 is 11.8 Å². The van der Waals surface area contributed by atoms with Crippen molar-refractivity contribution in [2.45, 2.75) is 179 Å². The number of Topliss-reactive ketones (excluding diaryl/α,β-unsaturated/α-hetero) is 1. The van der Waals surface area contributed by atoms with E-state index in [1.165, 1.54) is 21.1 Å². The van der Waals surface area contributed by atoms with Crippen LogP contribution in [0, 0.1) is 23.7 Å². The third kappa shape index (κ3) is 9.18. The van der Waals surface area contributed by atoms with Crippen LogP contribution in [0.4, 0.5) is 0 Å². The van der Waals surface area contributed by atoms with Crippen LogP contribution in [-0.4, -0.2) is 156 Å². The fraction of sp³-hybridized carbons (Fsp3) is 0.949. The minimum Gasteiger partial charge on any atom is -0.459 e. The molecule has 15 heteroatoms. The summed E-state index contributed by atoms with van der Waals surface area (Å²) in [5.74, 6) is -4.60. The third-order valence-corrected chi connectivity index (χ3v) is 13.1. The lowest BCUT2D eigenvalue weighted by molar-refractivity contribution is -0.336. The van der Waals surface area contributed by atoms with Crippen LogP contribution >= 0.6 is 0 Å². The van der Waals surface area contributed by atoms with Gasteiger partial charge in [0.1, 0.15) is 34.8 Å². The summed E-state index contributed by atoms with van der Waals surface area (Å²) < 4.78 is 44.2. The molecule has 6 N–H and O–H groups in total. The Morgan fingerprint density at radius 3 is 2.04 bits per heavy atom. The fourth-order valence-corrected chi connectivity index (χ4v) is 9.03. The van der Waals surface area contributed by atoms with E-state index in [1.54, 1.807) is 48.5 Å². The summed E-state index contributed by atoms with van der Waals surface area (Å²) >= 11 is 0. The van der Waals surface area contributed by atoms with Crippen LogP contribution in [0.2, 0.25) is 0 Å². The number of ketones is 1. The first-order valence-electron chi connectivity index (χ1n) is 19.5. The molecule has 3 saturated heterocycles. The van der Waals surface area contributed by atoms with Gasteiger partial charge in [-0.05, 0) is 74.9 Å². The number of nitrogens with zero attached hydrogens (tertiary/aromatic N) is 1. The molecule has 0 radical (unpaired) electrons. The molecule has 3 fully saturated rings. The summed E-state index contributed by atoms with van der Waals surface area (Å²) in [6, 6.07) is -0.297. The van der Waals surface area contributed by atoms with Crippen LogP contribution in [0.1, 0.15) is 94.9 Å². The van der Waals surface area contributed by atoms with Crippen LogP contribution in [0.3, 0.4) is 0 Å². The number of carbonyl (C=O) groups excluding carboxylic acids is 2. The molecule has 316 valence electrons. The molecular formula is C39H72N2O13. The molecule has 15 nitrogen and oxygen atoms in total. The van der Waals surface area contributed by atoms with Gasteiger partial charge in [0.25, 0.3) is 0 Å². The molecule has 0 aromatic heterocycles. The first kappa shape index (κ1) is 47.0. The number of likely N-dealkylation sites (N-methyl/N-ethyl adjacent to an activating group) is 1. The summed E-state index contributed by atoms with van der Waals surface area (Å²) in [7, 11) is 6.72. The second-order valence-corrected chi connectivity index (χ2v) is 17.2. The van der Waals surface area contributed by atoms with E-state index < -0.39 is 101 Å². The number of carbonyl (C=O) groups is 2. The second-order valence-electron chi connectivity index (χ2n) is 17.2. The first-order chi connectivity index (χ1) is 24.9. The standard InChI is InChI=1S/C39H72N2O13/c1-15-27-38(10,46)32(44)22(4)29(42)20(2)17-36(8,48-13)33(54-35-30(43)26(41(11)12)16-21(3)50-35)23(5)31(24(6)34(45)52-27)53-28-18-37(9,49-14)39(47,19-40)25(7)51-28/h20-28,30-33,35,43-44,46-47H,15-19,40H2,1-14H3/t20?,21?,22?,23?,24?,25?,26?,27-,28?,30?,31?,32?,33?,35?,36?,37?,38?,39?/m1/s1. The normalized spacial score (nSPS) is 49.0. The van der Waals surface area contributed by atoms with Crippen LogP contribution in [-0.2, 0) is 42.7 Å². The molecule has 0 aliphatic carbocycles. The second kappa shape index (κ2) is 18.1. The van der Waals surface area contributed by atoms with Crippen molar-refractivity contribution in [2.75, 3.05) is 34.9 Å². The quantitative estimate of drug-likeness (QED) is 0.212. The molecule has 3 aliphatic heterocycles. The highest BCUT2D eigenvalue weighted by atomic mass is 16.7. The van der Waals surface area contributed by atoms with Gasteiger partial charge in [0.2, 0.25) is 0 Å².